The molecule has 3 aromatic rings. The van der Waals surface area contributed by atoms with E-state index in [4.69, 9.17) is 24.9 Å². The number of aromatic nitrogens is 2. The predicted molar refractivity (Wildman–Crippen MR) is 120 cm³/mol. The second-order valence-corrected chi connectivity index (χ2v) is 8.33. The van der Waals surface area contributed by atoms with Crippen LogP contribution in [0.3, 0.4) is 0 Å². The second kappa shape index (κ2) is 7.38. The van der Waals surface area contributed by atoms with Crippen LogP contribution in [0.15, 0.2) is 53.8 Å². The molecule has 0 radical (unpaired) electrons. The van der Waals surface area contributed by atoms with Crippen molar-refractivity contribution in [2.45, 2.75) is 18.9 Å². The van der Waals surface area contributed by atoms with Crippen molar-refractivity contribution < 1.29 is 18.6 Å². The molecule has 33 heavy (non-hydrogen) atoms. The maximum atomic E-state index is 14.7. The van der Waals surface area contributed by atoms with E-state index in [0.717, 1.165) is 34.4 Å². The summed E-state index contributed by atoms with van der Waals surface area (Å²) in [5.41, 5.74) is 10.5. The summed E-state index contributed by atoms with van der Waals surface area (Å²) in [5.74, 6) is 0.678. The van der Waals surface area contributed by atoms with Gasteiger partial charge in [0.15, 0.2) is 11.3 Å². The number of hydrogen-bond acceptors (Lipinski definition) is 7. The summed E-state index contributed by atoms with van der Waals surface area (Å²) in [7, 11) is 0. The molecule has 1 spiro atoms. The molecule has 1 unspecified atom stereocenters. The van der Waals surface area contributed by atoms with Crippen LogP contribution < -0.4 is 10.5 Å². The minimum atomic E-state index is -0.918. The molecule has 0 fully saturated rings. The van der Waals surface area contributed by atoms with Crippen molar-refractivity contribution in [2.24, 2.45) is 10.7 Å². The second-order valence-electron chi connectivity index (χ2n) is 8.33. The monoisotopic (exact) mass is 444 g/mol. The number of ether oxygens (including phenoxy) is 3. The zero-order valence-electron chi connectivity index (χ0n) is 18.0. The molecule has 5 heterocycles. The van der Waals surface area contributed by atoms with Gasteiger partial charge in [0, 0.05) is 22.9 Å². The van der Waals surface area contributed by atoms with Gasteiger partial charge in [-0.15, -0.1) is 0 Å². The van der Waals surface area contributed by atoms with Gasteiger partial charge in [0.2, 0.25) is 5.95 Å². The third-order valence-electron chi connectivity index (χ3n) is 6.38. The molecule has 8 heteroatoms. The van der Waals surface area contributed by atoms with E-state index in [0.29, 0.717) is 35.8 Å². The number of nitrogens with zero attached hydrogens (tertiary/aromatic N) is 3. The molecule has 0 aliphatic carbocycles. The molecule has 0 amide bonds. The van der Waals surface area contributed by atoms with E-state index in [9.17, 15) is 4.39 Å². The van der Waals surface area contributed by atoms with Crippen LogP contribution in [0.5, 0.6) is 11.5 Å². The van der Waals surface area contributed by atoms with Crippen molar-refractivity contribution in [3.05, 3.63) is 77.1 Å². The number of hydrogen-bond donors (Lipinski definition) is 1. The number of pyridine rings is 2. The molecule has 0 saturated heterocycles. The topological polar surface area (TPSA) is 91.9 Å². The Hall–Kier alpha value is -3.78. The number of aryl methyl sites for hydroxylation is 1. The summed E-state index contributed by atoms with van der Waals surface area (Å²) in [6.07, 6.45) is 6.00. The third-order valence-corrected chi connectivity index (χ3v) is 6.38. The molecule has 7 nitrogen and oxygen atoms in total. The number of amidine groups is 1. The van der Waals surface area contributed by atoms with Crippen LogP contribution in [-0.4, -0.2) is 35.8 Å². The van der Waals surface area contributed by atoms with E-state index >= 15 is 0 Å². The number of halogens is 1. The average molecular weight is 444 g/mol. The van der Waals surface area contributed by atoms with Crippen molar-refractivity contribution >= 4 is 11.6 Å². The van der Waals surface area contributed by atoms with Crippen molar-refractivity contribution in [3.63, 3.8) is 0 Å². The summed E-state index contributed by atoms with van der Waals surface area (Å²) in [5, 5.41) is 0. The largest absolute Gasteiger partial charge is 0.462 e. The molecule has 0 saturated carbocycles. The van der Waals surface area contributed by atoms with Crippen LogP contribution in [0, 0.1) is 12.9 Å². The Morgan fingerprint density at radius 1 is 1.09 bits per heavy atom. The molecule has 1 aromatic carbocycles. The average Bonchev–Trinajstić information content (AvgIpc) is 3.22. The first kappa shape index (κ1) is 19.9. The summed E-state index contributed by atoms with van der Waals surface area (Å²) in [6.45, 7) is 3.29. The van der Waals surface area contributed by atoms with Crippen LogP contribution in [-0.2, 0) is 15.0 Å². The van der Waals surface area contributed by atoms with E-state index in [1.54, 1.807) is 12.3 Å². The number of benzene rings is 1. The van der Waals surface area contributed by atoms with Gasteiger partial charge in [-0.2, -0.15) is 4.39 Å². The lowest BCUT2D eigenvalue weighted by Gasteiger charge is -2.34. The molecule has 6 rings (SSSR count). The highest BCUT2D eigenvalue weighted by Crippen LogP contribution is 2.52. The van der Waals surface area contributed by atoms with Gasteiger partial charge in [-0.1, -0.05) is 12.1 Å². The fourth-order valence-electron chi connectivity index (χ4n) is 4.72. The zero-order chi connectivity index (χ0) is 22.6. The van der Waals surface area contributed by atoms with Crippen molar-refractivity contribution in [3.8, 4) is 22.6 Å². The van der Waals surface area contributed by atoms with E-state index in [1.807, 2.05) is 37.3 Å². The van der Waals surface area contributed by atoms with Gasteiger partial charge < -0.3 is 19.9 Å². The Morgan fingerprint density at radius 2 is 1.97 bits per heavy atom. The molecule has 166 valence electrons. The fourth-order valence-corrected chi connectivity index (χ4v) is 4.72. The SMILES string of the molecule is Cc1ccnc(F)c1-c1ccc2c(c1)C1(COC(N)=N1)c1cc(C3=CCOCC3)ncc1O2. The number of rotatable bonds is 2. The Labute approximate surface area is 189 Å². The molecular weight excluding hydrogens is 423 g/mol. The Balaban J connectivity index is 1.55. The number of fused-ring (bicyclic) bond motifs is 4. The maximum absolute atomic E-state index is 14.7. The van der Waals surface area contributed by atoms with Gasteiger partial charge in [0.25, 0.3) is 6.02 Å². The lowest BCUT2D eigenvalue weighted by Crippen LogP contribution is -2.31. The highest BCUT2D eigenvalue weighted by molar-refractivity contribution is 5.78. The van der Waals surface area contributed by atoms with Crippen molar-refractivity contribution in [2.75, 3.05) is 19.8 Å². The van der Waals surface area contributed by atoms with Gasteiger partial charge in [-0.05, 0) is 54.3 Å². The van der Waals surface area contributed by atoms with Gasteiger partial charge in [0.05, 0.1) is 25.1 Å². The number of nitrogens with two attached hydrogens (primary N) is 1. The maximum Gasteiger partial charge on any atom is 0.283 e. The lowest BCUT2D eigenvalue weighted by molar-refractivity contribution is 0.161. The minimum absolute atomic E-state index is 0.103. The van der Waals surface area contributed by atoms with E-state index in [-0.39, 0.29) is 12.6 Å². The van der Waals surface area contributed by atoms with Crippen LogP contribution in [0.2, 0.25) is 0 Å². The first-order chi connectivity index (χ1) is 16.0. The zero-order valence-corrected chi connectivity index (χ0v) is 18.0. The van der Waals surface area contributed by atoms with Crippen LogP contribution in [0.25, 0.3) is 16.7 Å². The van der Waals surface area contributed by atoms with Crippen molar-refractivity contribution in [1.29, 1.82) is 0 Å². The van der Waals surface area contributed by atoms with E-state index in [2.05, 4.69) is 9.97 Å². The highest BCUT2D eigenvalue weighted by atomic mass is 19.1. The van der Waals surface area contributed by atoms with Gasteiger partial charge in [-0.3, -0.25) is 4.98 Å². The normalized spacial score (nSPS) is 20.9. The Morgan fingerprint density at radius 3 is 2.73 bits per heavy atom. The lowest BCUT2D eigenvalue weighted by atomic mass is 9.80. The Bertz CT molecular complexity index is 1330. The van der Waals surface area contributed by atoms with E-state index < -0.39 is 11.5 Å². The van der Waals surface area contributed by atoms with Gasteiger partial charge >= 0.3 is 0 Å². The quantitative estimate of drug-likeness (QED) is 0.599. The van der Waals surface area contributed by atoms with Crippen LogP contribution in [0.1, 0.15) is 28.8 Å². The van der Waals surface area contributed by atoms with Crippen LogP contribution in [0.4, 0.5) is 4.39 Å². The minimum Gasteiger partial charge on any atom is -0.462 e. The fraction of sp³-hybridized carbons (Fsp3) is 0.240. The summed E-state index contributed by atoms with van der Waals surface area (Å²) >= 11 is 0. The van der Waals surface area contributed by atoms with Crippen LogP contribution >= 0.6 is 0 Å². The van der Waals surface area contributed by atoms with Gasteiger partial charge in [0.1, 0.15) is 12.4 Å². The molecule has 2 aromatic heterocycles. The summed E-state index contributed by atoms with van der Waals surface area (Å²) in [4.78, 5) is 13.2. The first-order valence-electron chi connectivity index (χ1n) is 10.7. The molecule has 1 atom stereocenters. The first-order valence-corrected chi connectivity index (χ1v) is 10.7. The predicted octanol–water partition coefficient (Wildman–Crippen LogP) is 4.09. The standard InChI is InChI=1S/C25H21FN4O3/c1-14-4-7-28-23(26)22(14)16-2-3-20-17(10-16)25(13-32-24(27)30-25)18-11-19(29-12-21(18)33-20)15-5-8-31-9-6-15/h2-5,7,10-12H,6,8-9,13H2,1H3,(H2,27,30). The van der Waals surface area contributed by atoms with Crippen molar-refractivity contribution in [1.82, 2.24) is 9.97 Å². The molecule has 0 bridgehead atoms. The summed E-state index contributed by atoms with van der Waals surface area (Å²) in [6, 6.07) is 9.41. The van der Waals surface area contributed by atoms with Gasteiger partial charge in [-0.25, -0.2) is 9.98 Å². The third kappa shape index (κ3) is 3.09. The highest BCUT2D eigenvalue weighted by Gasteiger charge is 2.47. The van der Waals surface area contributed by atoms with E-state index in [1.165, 1.54) is 6.20 Å². The summed E-state index contributed by atoms with van der Waals surface area (Å²) < 4.78 is 32.0. The molecule has 3 aliphatic heterocycles. The smallest absolute Gasteiger partial charge is 0.283 e. The molecular formula is C25H21FN4O3. The molecule has 2 N–H and O–H groups in total. The molecule has 3 aliphatic rings. The Kier molecular flexibility index (Phi) is 4.45. The number of aliphatic imine (C=N–C) groups is 1.